The highest BCUT2D eigenvalue weighted by Crippen LogP contribution is 2.17. The van der Waals surface area contributed by atoms with Gasteiger partial charge >= 0.3 is 0 Å². The van der Waals surface area contributed by atoms with Crippen molar-refractivity contribution < 1.29 is 12.8 Å². The number of nitrogens with one attached hydrogen (secondary N) is 1. The van der Waals surface area contributed by atoms with E-state index in [4.69, 9.17) is 0 Å². The summed E-state index contributed by atoms with van der Waals surface area (Å²) in [6.45, 7) is 0. The second-order valence-corrected chi connectivity index (χ2v) is 5.09. The summed E-state index contributed by atoms with van der Waals surface area (Å²) in [5.74, 6) is -0.826. The molecule has 6 nitrogen and oxygen atoms in total. The monoisotopic (exact) mass is 260 g/mol. The first-order valence-corrected chi connectivity index (χ1v) is 6.27. The van der Waals surface area contributed by atoms with Crippen LogP contribution >= 0.6 is 11.5 Å². The average Bonchev–Trinajstić information content (AvgIpc) is 2.70. The molecule has 2 rings (SSSR count). The summed E-state index contributed by atoms with van der Waals surface area (Å²) < 4.78 is 42.1. The largest absolute Gasteiger partial charge is 0.266 e. The molecule has 1 heterocycles. The van der Waals surface area contributed by atoms with E-state index in [1.807, 2.05) is 0 Å². The molecule has 16 heavy (non-hydrogen) atoms. The summed E-state index contributed by atoms with van der Waals surface area (Å²) in [5, 5.41) is 6.61. The van der Waals surface area contributed by atoms with Gasteiger partial charge in [0.05, 0.1) is 0 Å². The Morgan fingerprint density at radius 3 is 2.69 bits per heavy atom. The molecule has 2 aromatic rings. The Kier molecular flexibility index (Phi) is 2.79. The van der Waals surface area contributed by atoms with Crippen LogP contribution in [-0.2, 0) is 10.0 Å². The van der Waals surface area contributed by atoms with Crippen molar-refractivity contribution in [2.24, 2.45) is 0 Å². The summed E-state index contributed by atoms with van der Waals surface area (Å²) in [5.41, 5.74) is 0. The number of sulfonamides is 1. The quantitative estimate of drug-likeness (QED) is 0.885. The van der Waals surface area contributed by atoms with Crippen LogP contribution in [0.25, 0.3) is 0 Å². The number of benzene rings is 1. The molecule has 0 aliphatic carbocycles. The van der Waals surface area contributed by atoms with E-state index in [0.717, 1.165) is 23.7 Å². The lowest BCUT2D eigenvalue weighted by Crippen LogP contribution is -2.14. The van der Waals surface area contributed by atoms with Crippen LogP contribution in [0.2, 0.25) is 0 Å². The number of aromatic nitrogens is 3. The smallest absolute Gasteiger partial charge is 0.252 e. The van der Waals surface area contributed by atoms with E-state index in [2.05, 4.69) is 19.5 Å². The Morgan fingerprint density at radius 2 is 2.06 bits per heavy atom. The summed E-state index contributed by atoms with van der Waals surface area (Å²) >= 11 is 0.765. The van der Waals surface area contributed by atoms with Crippen LogP contribution in [0.4, 0.5) is 9.52 Å². The summed E-state index contributed by atoms with van der Waals surface area (Å²) in [7, 11) is -3.97. The number of anilines is 1. The number of hydrogen-bond acceptors (Lipinski definition) is 6. The predicted octanol–water partition coefficient (Wildman–Crippen LogP) is 0.873. The fourth-order valence-electron chi connectivity index (χ4n) is 1.01. The van der Waals surface area contributed by atoms with E-state index in [1.54, 1.807) is 0 Å². The van der Waals surface area contributed by atoms with Crippen molar-refractivity contribution in [1.29, 1.82) is 0 Å². The van der Waals surface area contributed by atoms with Crippen molar-refractivity contribution in [3.05, 3.63) is 30.1 Å². The molecule has 0 bridgehead atoms. The Hall–Kier alpha value is -1.61. The first-order chi connectivity index (χ1) is 7.59. The normalized spacial score (nSPS) is 11.3. The van der Waals surface area contributed by atoms with Crippen molar-refractivity contribution in [2.45, 2.75) is 4.90 Å². The molecular weight excluding hydrogens is 255 g/mol. The van der Waals surface area contributed by atoms with Gasteiger partial charge in [-0.1, -0.05) is 21.7 Å². The molecule has 0 amide bonds. The summed E-state index contributed by atoms with van der Waals surface area (Å²) in [4.78, 5) is -0.440. The van der Waals surface area contributed by atoms with E-state index in [0.29, 0.717) is 0 Å². The van der Waals surface area contributed by atoms with Gasteiger partial charge in [-0.3, -0.25) is 4.72 Å². The Morgan fingerprint density at radius 1 is 1.31 bits per heavy atom. The van der Waals surface area contributed by atoms with Crippen LogP contribution in [-0.4, -0.2) is 23.2 Å². The van der Waals surface area contributed by atoms with E-state index >= 15 is 0 Å². The molecule has 0 saturated heterocycles. The third-order valence-corrected chi connectivity index (χ3v) is 3.66. The zero-order valence-electron chi connectivity index (χ0n) is 7.66. The molecule has 84 valence electrons. The van der Waals surface area contributed by atoms with E-state index < -0.39 is 20.7 Å². The molecule has 0 fully saturated rings. The van der Waals surface area contributed by atoms with Crippen molar-refractivity contribution in [3.8, 4) is 0 Å². The average molecular weight is 260 g/mol. The van der Waals surface area contributed by atoms with Crippen molar-refractivity contribution in [1.82, 2.24) is 14.8 Å². The van der Waals surface area contributed by atoms with Crippen molar-refractivity contribution >= 4 is 26.7 Å². The van der Waals surface area contributed by atoms with E-state index in [9.17, 15) is 12.8 Å². The summed E-state index contributed by atoms with van der Waals surface area (Å²) in [6, 6.07) is 5.05. The Bertz CT molecular complexity index is 584. The lowest BCUT2D eigenvalue weighted by Gasteiger charge is -2.04. The molecule has 0 spiro atoms. The molecule has 1 aromatic carbocycles. The zero-order chi connectivity index (χ0) is 11.6. The lowest BCUT2D eigenvalue weighted by atomic mass is 10.4. The van der Waals surface area contributed by atoms with Gasteiger partial charge in [0, 0.05) is 11.5 Å². The maximum absolute atomic E-state index is 13.2. The van der Waals surface area contributed by atoms with Crippen LogP contribution in [0.5, 0.6) is 0 Å². The third-order valence-electron chi connectivity index (χ3n) is 1.65. The minimum atomic E-state index is -3.97. The molecule has 0 radical (unpaired) electrons. The SMILES string of the molecule is O=S(=O)(Nc1nnns1)c1ccccc1F. The highest BCUT2D eigenvalue weighted by Gasteiger charge is 2.19. The van der Waals surface area contributed by atoms with Gasteiger partial charge in [-0.05, 0) is 17.3 Å². The van der Waals surface area contributed by atoms with Gasteiger partial charge in [-0.15, -0.1) is 0 Å². The maximum Gasteiger partial charge on any atom is 0.266 e. The van der Waals surface area contributed by atoms with Crippen LogP contribution in [0, 0.1) is 5.82 Å². The van der Waals surface area contributed by atoms with Gasteiger partial charge in [-0.2, -0.15) is 0 Å². The molecule has 0 aliphatic heterocycles. The minimum Gasteiger partial charge on any atom is -0.252 e. The number of halogens is 1. The topological polar surface area (TPSA) is 84.8 Å². The van der Waals surface area contributed by atoms with Gasteiger partial charge in [0.25, 0.3) is 10.0 Å². The predicted molar refractivity (Wildman–Crippen MR) is 54.9 cm³/mol. The highest BCUT2D eigenvalue weighted by molar-refractivity contribution is 7.93. The van der Waals surface area contributed by atoms with Gasteiger partial charge in [0.1, 0.15) is 10.7 Å². The van der Waals surface area contributed by atoms with Crippen LogP contribution in [0.1, 0.15) is 0 Å². The summed E-state index contributed by atoms with van der Waals surface area (Å²) in [6.07, 6.45) is 0. The van der Waals surface area contributed by atoms with Crippen LogP contribution < -0.4 is 4.72 Å². The number of nitrogens with zero attached hydrogens (tertiary/aromatic N) is 3. The van der Waals surface area contributed by atoms with Gasteiger partial charge in [0.15, 0.2) is 0 Å². The second-order valence-electron chi connectivity index (χ2n) is 2.70. The Balaban J connectivity index is 2.37. The number of rotatable bonds is 3. The van der Waals surface area contributed by atoms with Crippen LogP contribution in [0.15, 0.2) is 29.2 Å². The van der Waals surface area contributed by atoms with Crippen molar-refractivity contribution in [3.63, 3.8) is 0 Å². The van der Waals surface area contributed by atoms with E-state index in [-0.39, 0.29) is 5.13 Å². The maximum atomic E-state index is 13.2. The molecule has 0 aliphatic rings. The standard InChI is InChI=1S/C7H5FN4O2S2/c8-5-3-1-2-4-6(5)16(13,14)10-7-9-11-12-15-7/h1-4H,(H,9,10,12). The molecule has 9 heteroatoms. The molecule has 0 saturated carbocycles. The highest BCUT2D eigenvalue weighted by atomic mass is 32.2. The third kappa shape index (κ3) is 2.14. The zero-order valence-corrected chi connectivity index (χ0v) is 9.29. The van der Waals surface area contributed by atoms with Crippen LogP contribution in [0.3, 0.4) is 0 Å². The second kappa shape index (κ2) is 4.10. The Labute approximate surface area is 94.3 Å². The minimum absolute atomic E-state index is 0.0109. The molecule has 0 unspecified atom stereocenters. The fourth-order valence-corrected chi connectivity index (χ4v) is 2.67. The fraction of sp³-hybridized carbons (Fsp3) is 0. The van der Waals surface area contributed by atoms with Gasteiger partial charge in [-0.25, -0.2) is 12.8 Å². The number of hydrogen-bond donors (Lipinski definition) is 1. The molecular formula is C7H5FN4O2S2. The van der Waals surface area contributed by atoms with Gasteiger partial charge < -0.3 is 0 Å². The lowest BCUT2D eigenvalue weighted by molar-refractivity contribution is 0.570. The van der Waals surface area contributed by atoms with E-state index in [1.165, 1.54) is 12.1 Å². The molecule has 0 atom stereocenters. The first-order valence-electron chi connectivity index (χ1n) is 4.02. The molecule has 1 N–H and O–H groups in total. The van der Waals surface area contributed by atoms with Crippen molar-refractivity contribution in [2.75, 3.05) is 4.72 Å². The van der Waals surface area contributed by atoms with Gasteiger partial charge in [0.2, 0.25) is 5.13 Å². The first kappa shape index (κ1) is 10.9. The molecule has 1 aromatic heterocycles.